The summed E-state index contributed by atoms with van der Waals surface area (Å²) < 4.78 is 0. The number of pyridine rings is 1. The van der Waals surface area contributed by atoms with Crippen molar-refractivity contribution >= 4 is 34.7 Å². The minimum atomic E-state index is 0.456. The van der Waals surface area contributed by atoms with E-state index in [1.807, 2.05) is 19.1 Å². The molecule has 5 heteroatoms. The molecule has 94 valence electrons. The molecule has 0 fully saturated rings. The largest absolute Gasteiger partial charge is 0.384 e. The summed E-state index contributed by atoms with van der Waals surface area (Å²) in [6.45, 7) is 2.81. The third-order valence-electron chi connectivity index (χ3n) is 2.47. The van der Waals surface area contributed by atoms with E-state index in [0.29, 0.717) is 15.9 Å². The van der Waals surface area contributed by atoms with Crippen molar-refractivity contribution in [3.05, 3.63) is 40.4 Å². The first kappa shape index (κ1) is 13.0. The lowest BCUT2D eigenvalue weighted by Crippen LogP contribution is -2.02. The molecule has 0 saturated carbocycles. The number of nitrogens with two attached hydrogens (primary N) is 1. The summed E-state index contributed by atoms with van der Waals surface area (Å²) in [5.41, 5.74) is 8.18. The van der Waals surface area contributed by atoms with Crippen LogP contribution in [0.25, 0.3) is 11.3 Å². The third-order valence-corrected chi connectivity index (χ3v) is 3.02. The Morgan fingerprint density at radius 3 is 2.67 bits per heavy atom. The second kappa shape index (κ2) is 5.46. The molecule has 2 aromatic rings. The summed E-state index contributed by atoms with van der Waals surface area (Å²) in [4.78, 5) is 4.34. The van der Waals surface area contributed by atoms with Gasteiger partial charge in [0.05, 0.1) is 16.4 Å². The number of halogens is 2. The molecule has 0 aliphatic carbocycles. The van der Waals surface area contributed by atoms with Crippen LogP contribution in [0.15, 0.2) is 30.3 Å². The van der Waals surface area contributed by atoms with E-state index in [0.717, 1.165) is 23.5 Å². The van der Waals surface area contributed by atoms with Crippen LogP contribution in [-0.4, -0.2) is 11.5 Å². The second-order valence-electron chi connectivity index (χ2n) is 3.79. The summed E-state index contributed by atoms with van der Waals surface area (Å²) in [7, 11) is 0. The van der Waals surface area contributed by atoms with Gasteiger partial charge in [0.2, 0.25) is 0 Å². The number of hydrogen-bond acceptors (Lipinski definition) is 3. The van der Waals surface area contributed by atoms with Crippen molar-refractivity contribution in [1.82, 2.24) is 4.98 Å². The van der Waals surface area contributed by atoms with E-state index in [9.17, 15) is 0 Å². The van der Waals surface area contributed by atoms with Crippen molar-refractivity contribution in [2.75, 3.05) is 17.6 Å². The molecule has 2 rings (SSSR count). The van der Waals surface area contributed by atoms with Crippen molar-refractivity contribution in [3.63, 3.8) is 0 Å². The van der Waals surface area contributed by atoms with Gasteiger partial charge in [0.15, 0.2) is 0 Å². The molecular weight excluding hydrogens is 269 g/mol. The molecule has 0 spiro atoms. The average Bonchev–Trinajstić information content (AvgIpc) is 2.32. The summed E-state index contributed by atoms with van der Waals surface area (Å²) in [6.07, 6.45) is 0. The van der Waals surface area contributed by atoms with Crippen LogP contribution in [0.3, 0.4) is 0 Å². The lowest BCUT2D eigenvalue weighted by Gasteiger charge is -2.12. The molecule has 1 aromatic heterocycles. The van der Waals surface area contributed by atoms with Gasteiger partial charge in [0.1, 0.15) is 5.82 Å². The maximum absolute atomic E-state index is 6.20. The van der Waals surface area contributed by atoms with Gasteiger partial charge in [-0.15, -0.1) is 0 Å². The Hall–Kier alpha value is -1.45. The average molecular weight is 282 g/mol. The smallest absolute Gasteiger partial charge is 0.124 e. The maximum atomic E-state index is 6.20. The van der Waals surface area contributed by atoms with E-state index in [2.05, 4.69) is 10.3 Å². The highest BCUT2D eigenvalue weighted by Crippen LogP contribution is 2.34. The number of nitrogen functional groups attached to an aromatic ring is 1. The highest BCUT2D eigenvalue weighted by atomic mass is 35.5. The zero-order valence-corrected chi connectivity index (χ0v) is 11.4. The van der Waals surface area contributed by atoms with E-state index < -0.39 is 0 Å². The number of benzene rings is 1. The van der Waals surface area contributed by atoms with Crippen molar-refractivity contribution < 1.29 is 0 Å². The van der Waals surface area contributed by atoms with E-state index in [-0.39, 0.29) is 0 Å². The molecule has 0 amide bonds. The SMILES string of the molecule is CCNc1ccc(N)nc1-c1ccc(Cl)cc1Cl. The summed E-state index contributed by atoms with van der Waals surface area (Å²) in [5.74, 6) is 0.456. The monoisotopic (exact) mass is 281 g/mol. The highest BCUT2D eigenvalue weighted by Gasteiger charge is 2.11. The van der Waals surface area contributed by atoms with Gasteiger partial charge in [-0.3, -0.25) is 0 Å². The van der Waals surface area contributed by atoms with Gasteiger partial charge in [0, 0.05) is 17.1 Å². The van der Waals surface area contributed by atoms with E-state index in [4.69, 9.17) is 28.9 Å². The quantitative estimate of drug-likeness (QED) is 0.892. The Balaban J connectivity index is 2.57. The van der Waals surface area contributed by atoms with E-state index in [1.165, 1.54) is 0 Å². The first-order valence-corrected chi connectivity index (χ1v) is 6.33. The van der Waals surface area contributed by atoms with Gasteiger partial charge in [-0.2, -0.15) is 0 Å². The summed E-state index contributed by atoms with van der Waals surface area (Å²) >= 11 is 12.1. The first-order valence-electron chi connectivity index (χ1n) is 5.57. The van der Waals surface area contributed by atoms with Crippen molar-refractivity contribution in [1.29, 1.82) is 0 Å². The predicted octanol–water partition coefficient (Wildman–Crippen LogP) is 4.07. The number of nitrogens with zero attached hydrogens (tertiary/aromatic N) is 1. The van der Waals surface area contributed by atoms with Gasteiger partial charge in [-0.1, -0.05) is 23.2 Å². The predicted molar refractivity (Wildman–Crippen MR) is 78.3 cm³/mol. The molecule has 0 saturated heterocycles. The van der Waals surface area contributed by atoms with Gasteiger partial charge in [-0.05, 0) is 37.3 Å². The number of aromatic nitrogens is 1. The number of hydrogen-bond donors (Lipinski definition) is 2. The third kappa shape index (κ3) is 2.68. The molecule has 0 atom stereocenters. The Morgan fingerprint density at radius 2 is 2.00 bits per heavy atom. The van der Waals surface area contributed by atoms with Crippen LogP contribution >= 0.6 is 23.2 Å². The molecular formula is C13H13Cl2N3. The van der Waals surface area contributed by atoms with E-state index in [1.54, 1.807) is 18.2 Å². The molecule has 0 radical (unpaired) electrons. The van der Waals surface area contributed by atoms with Crippen LogP contribution in [0.4, 0.5) is 11.5 Å². The standard InChI is InChI=1S/C13H13Cl2N3/c1-2-17-11-5-6-12(16)18-13(11)9-4-3-8(14)7-10(9)15/h3-7,17H,2H2,1H3,(H2,16,18). The normalized spacial score (nSPS) is 10.4. The minimum absolute atomic E-state index is 0.456. The molecule has 0 aliphatic rings. The Labute approximate surface area is 116 Å². The molecule has 3 N–H and O–H groups in total. The fourth-order valence-corrected chi connectivity index (χ4v) is 2.19. The Bertz CT molecular complexity index is 570. The maximum Gasteiger partial charge on any atom is 0.124 e. The summed E-state index contributed by atoms with van der Waals surface area (Å²) in [5, 5.41) is 4.38. The van der Waals surface area contributed by atoms with Crippen LogP contribution in [0.1, 0.15) is 6.92 Å². The second-order valence-corrected chi connectivity index (χ2v) is 4.63. The van der Waals surface area contributed by atoms with Crippen LogP contribution in [-0.2, 0) is 0 Å². The number of nitrogens with one attached hydrogen (secondary N) is 1. The van der Waals surface area contributed by atoms with Crippen molar-refractivity contribution in [2.24, 2.45) is 0 Å². The molecule has 0 aliphatic heterocycles. The molecule has 3 nitrogen and oxygen atoms in total. The molecule has 0 bridgehead atoms. The van der Waals surface area contributed by atoms with Gasteiger partial charge < -0.3 is 11.1 Å². The molecule has 1 aromatic carbocycles. The van der Waals surface area contributed by atoms with Gasteiger partial charge in [0.25, 0.3) is 0 Å². The fourth-order valence-electron chi connectivity index (χ4n) is 1.69. The van der Waals surface area contributed by atoms with Crippen molar-refractivity contribution in [3.8, 4) is 11.3 Å². The molecule has 18 heavy (non-hydrogen) atoms. The lowest BCUT2D eigenvalue weighted by atomic mass is 10.1. The van der Waals surface area contributed by atoms with Crippen molar-refractivity contribution in [2.45, 2.75) is 6.92 Å². The van der Waals surface area contributed by atoms with Crippen LogP contribution in [0.5, 0.6) is 0 Å². The highest BCUT2D eigenvalue weighted by molar-refractivity contribution is 6.36. The zero-order valence-electron chi connectivity index (χ0n) is 9.87. The first-order chi connectivity index (χ1) is 8.61. The minimum Gasteiger partial charge on any atom is -0.384 e. The van der Waals surface area contributed by atoms with Crippen LogP contribution in [0, 0.1) is 0 Å². The molecule has 0 unspecified atom stereocenters. The lowest BCUT2D eigenvalue weighted by molar-refractivity contribution is 1.19. The Morgan fingerprint density at radius 1 is 1.22 bits per heavy atom. The van der Waals surface area contributed by atoms with Gasteiger partial charge >= 0.3 is 0 Å². The number of rotatable bonds is 3. The zero-order chi connectivity index (χ0) is 13.1. The van der Waals surface area contributed by atoms with Crippen LogP contribution in [0.2, 0.25) is 10.0 Å². The van der Waals surface area contributed by atoms with Gasteiger partial charge in [-0.25, -0.2) is 4.98 Å². The Kier molecular flexibility index (Phi) is 3.94. The van der Waals surface area contributed by atoms with Crippen LogP contribution < -0.4 is 11.1 Å². The topological polar surface area (TPSA) is 50.9 Å². The van der Waals surface area contributed by atoms with E-state index >= 15 is 0 Å². The fraction of sp³-hybridized carbons (Fsp3) is 0.154. The molecule has 1 heterocycles. The summed E-state index contributed by atoms with van der Waals surface area (Å²) in [6, 6.07) is 8.97. The number of anilines is 2.